The van der Waals surface area contributed by atoms with Crippen LogP contribution in [0.25, 0.3) is 0 Å². The maximum absolute atomic E-state index is 11.9. The highest BCUT2D eigenvalue weighted by Gasteiger charge is 2.23. The molecular weight excluding hydrogens is 240 g/mol. The fourth-order valence-electron chi connectivity index (χ4n) is 1.71. The van der Waals surface area contributed by atoms with Gasteiger partial charge in [0.1, 0.15) is 12.5 Å². The maximum Gasteiger partial charge on any atom is 0.316 e. The van der Waals surface area contributed by atoms with Gasteiger partial charge >= 0.3 is 5.97 Å². The van der Waals surface area contributed by atoms with Crippen LogP contribution < -0.4 is 0 Å². The number of benzene rings is 1. The maximum atomic E-state index is 11.9. The monoisotopic (exact) mass is 260 g/mol. The van der Waals surface area contributed by atoms with Crippen molar-refractivity contribution in [1.29, 1.82) is 0 Å². The quantitative estimate of drug-likeness (QED) is 0.448. The molecule has 0 bridgehead atoms. The summed E-state index contributed by atoms with van der Waals surface area (Å²) >= 11 is 0. The number of rotatable bonds is 6. The molecule has 3 nitrogen and oxygen atoms in total. The highest BCUT2D eigenvalue weighted by atomic mass is 16.5. The lowest BCUT2D eigenvalue weighted by Gasteiger charge is -2.11. The fourth-order valence-corrected chi connectivity index (χ4v) is 1.71. The van der Waals surface area contributed by atoms with E-state index in [-0.39, 0.29) is 12.4 Å². The van der Waals surface area contributed by atoms with Gasteiger partial charge in [-0.1, -0.05) is 43.3 Å². The number of allylic oxidation sites excluding steroid dienone is 2. The molecule has 1 aromatic rings. The van der Waals surface area contributed by atoms with Crippen molar-refractivity contribution in [2.45, 2.75) is 33.8 Å². The molecule has 0 amide bonds. The number of Topliss-reactive ketones (excluding diaryl/α,β-unsaturated/α-hetero) is 1. The van der Waals surface area contributed by atoms with Crippen molar-refractivity contribution in [3.05, 3.63) is 47.5 Å². The zero-order valence-corrected chi connectivity index (χ0v) is 11.7. The van der Waals surface area contributed by atoms with Crippen LogP contribution in [0, 0.1) is 5.92 Å². The zero-order chi connectivity index (χ0) is 14.3. The molecule has 0 aromatic heterocycles. The molecule has 1 aromatic carbocycles. The number of hydrogen-bond acceptors (Lipinski definition) is 3. The summed E-state index contributed by atoms with van der Waals surface area (Å²) in [5.41, 5.74) is 1.53. The summed E-state index contributed by atoms with van der Waals surface area (Å²) in [6.07, 6.45) is 2.60. The largest absolute Gasteiger partial charge is 0.460 e. The summed E-state index contributed by atoms with van der Waals surface area (Å²) in [5.74, 6) is -1.39. The number of carbonyl (C=O) groups excluding carboxylic acids is 2. The van der Waals surface area contributed by atoms with Crippen LogP contribution >= 0.6 is 0 Å². The average Bonchev–Trinajstić information content (AvgIpc) is 2.44. The Balaban J connectivity index is 2.54. The Morgan fingerprint density at radius 1 is 1.26 bits per heavy atom. The normalized spacial score (nSPS) is 12.9. The van der Waals surface area contributed by atoms with Gasteiger partial charge in [-0.3, -0.25) is 9.59 Å². The van der Waals surface area contributed by atoms with Crippen LogP contribution in [0.1, 0.15) is 32.8 Å². The summed E-state index contributed by atoms with van der Waals surface area (Å²) in [6.45, 7) is 5.47. The molecule has 1 atom stereocenters. The third-order valence-electron chi connectivity index (χ3n) is 2.87. The smallest absolute Gasteiger partial charge is 0.316 e. The van der Waals surface area contributed by atoms with E-state index < -0.39 is 11.9 Å². The van der Waals surface area contributed by atoms with Gasteiger partial charge in [-0.2, -0.15) is 0 Å². The molecule has 0 N–H and O–H groups in total. The Morgan fingerprint density at radius 3 is 2.47 bits per heavy atom. The summed E-state index contributed by atoms with van der Waals surface area (Å²) in [5, 5.41) is 0. The molecule has 0 aliphatic heterocycles. The lowest BCUT2D eigenvalue weighted by Crippen LogP contribution is -2.24. The molecule has 0 aliphatic rings. The topological polar surface area (TPSA) is 43.4 Å². The Kier molecular flexibility index (Phi) is 6.00. The zero-order valence-electron chi connectivity index (χ0n) is 11.7. The van der Waals surface area contributed by atoms with E-state index in [4.69, 9.17) is 4.74 Å². The molecular formula is C16H20O3. The highest BCUT2D eigenvalue weighted by Crippen LogP contribution is 2.10. The van der Waals surface area contributed by atoms with Crippen molar-refractivity contribution in [2.75, 3.05) is 0 Å². The Hall–Kier alpha value is -1.90. The van der Waals surface area contributed by atoms with Crippen molar-refractivity contribution < 1.29 is 14.3 Å². The summed E-state index contributed by atoms with van der Waals surface area (Å²) in [6, 6.07) is 9.41. The van der Waals surface area contributed by atoms with Crippen LogP contribution in [-0.4, -0.2) is 11.8 Å². The summed E-state index contributed by atoms with van der Waals surface area (Å²) < 4.78 is 5.15. The van der Waals surface area contributed by atoms with Gasteiger partial charge in [-0.05, 0) is 31.4 Å². The van der Waals surface area contributed by atoms with E-state index in [0.717, 1.165) is 12.0 Å². The summed E-state index contributed by atoms with van der Waals surface area (Å²) in [7, 11) is 0. The second-order valence-electron chi connectivity index (χ2n) is 4.47. The molecule has 3 heteroatoms. The third kappa shape index (κ3) is 4.70. The minimum atomic E-state index is -0.744. The first-order valence-electron chi connectivity index (χ1n) is 6.47. The molecule has 0 unspecified atom stereocenters. The van der Waals surface area contributed by atoms with Crippen LogP contribution in [0.2, 0.25) is 0 Å². The van der Waals surface area contributed by atoms with Crippen LogP contribution in [0.5, 0.6) is 0 Å². The molecule has 0 fully saturated rings. The number of ether oxygens (including phenoxy) is 1. The Labute approximate surface area is 114 Å². The van der Waals surface area contributed by atoms with E-state index in [1.165, 1.54) is 0 Å². The van der Waals surface area contributed by atoms with Crippen LogP contribution in [0.15, 0.2) is 42.0 Å². The van der Waals surface area contributed by atoms with Gasteiger partial charge in [0.15, 0.2) is 5.78 Å². The first kappa shape index (κ1) is 15.2. The molecule has 0 aliphatic carbocycles. The molecule has 19 heavy (non-hydrogen) atoms. The number of hydrogen-bond donors (Lipinski definition) is 0. The van der Waals surface area contributed by atoms with E-state index in [2.05, 4.69) is 0 Å². The Bertz CT molecular complexity index is 460. The number of carbonyl (C=O) groups is 2. The number of esters is 1. The van der Waals surface area contributed by atoms with Gasteiger partial charge in [-0.25, -0.2) is 0 Å². The standard InChI is InChI=1S/C16H20O3/c1-4-8-12(2)15(17)13(3)16(18)19-11-14-9-6-5-7-10-14/h5-10,13H,4,11H2,1-3H3/b12-8+/t13-/m0/s1. The third-order valence-corrected chi connectivity index (χ3v) is 2.87. The van der Waals surface area contributed by atoms with Crippen molar-refractivity contribution in [1.82, 2.24) is 0 Å². The van der Waals surface area contributed by atoms with Crippen molar-refractivity contribution in [3.63, 3.8) is 0 Å². The van der Waals surface area contributed by atoms with Crippen LogP contribution in [0.3, 0.4) is 0 Å². The van der Waals surface area contributed by atoms with Gasteiger partial charge in [0, 0.05) is 0 Å². The first-order chi connectivity index (χ1) is 9.06. The molecule has 1 rings (SSSR count). The van der Waals surface area contributed by atoms with Crippen LogP contribution in [-0.2, 0) is 20.9 Å². The predicted molar refractivity (Wildman–Crippen MR) is 74.5 cm³/mol. The summed E-state index contributed by atoms with van der Waals surface area (Å²) in [4.78, 5) is 23.7. The molecule has 0 spiro atoms. The van der Waals surface area contributed by atoms with Crippen molar-refractivity contribution in [3.8, 4) is 0 Å². The van der Waals surface area contributed by atoms with Gasteiger partial charge in [-0.15, -0.1) is 0 Å². The lowest BCUT2D eigenvalue weighted by molar-refractivity contribution is -0.151. The van der Waals surface area contributed by atoms with Crippen molar-refractivity contribution >= 4 is 11.8 Å². The van der Waals surface area contributed by atoms with E-state index in [9.17, 15) is 9.59 Å². The van der Waals surface area contributed by atoms with E-state index in [1.54, 1.807) is 13.8 Å². The van der Waals surface area contributed by atoms with Crippen LogP contribution in [0.4, 0.5) is 0 Å². The SMILES string of the molecule is CC/C=C(\C)C(=O)[C@H](C)C(=O)OCc1ccccc1. The molecule has 0 saturated heterocycles. The Morgan fingerprint density at radius 2 is 1.89 bits per heavy atom. The molecule has 0 saturated carbocycles. The fraction of sp³-hybridized carbons (Fsp3) is 0.375. The lowest BCUT2D eigenvalue weighted by atomic mass is 10.00. The van der Waals surface area contributed by atoms with Gasteiger partial charge in [0.05, 0.1) is 0 Å². The first-order valence-corrected chi connectivity index (χ1v) is 6.47. The highest BCUT2D eigenvalue weighted by molar-refractivity contribution is 6.07. The van der Waals surface area contributed by atoms with Gasteiger partial charge in [0.2, 0.25) is 0 Å². The predicted octanol–water partition coefficient (Wildman–Crippen LogP) is 3.29. The van der Waals surface area contributed by atoms with E-state index in [1.807, 2.05) is 43.3 Å². The number of ketones is 1. The second-order valence-corrected chi connectivity index (χ2v) is 4.47. The average molecular weight is 260 g/mol. The minimum absolute atomic E-state index is 0.167. The van der Waals surface area contributed by atoms with Gasteiger partial charge < -0.3 is 4.74 Å². The van der Waals surface area contributed by atoms with Gasteiger partial charge in [0.25, 0.3) is 0 Å². The molecule has 0 heterocycles. The minimum Gasteiger partial charge on any atom is -0.460 e. The second kappa shape index (κ2) is 7.52. The van der Waals surface area contributed by atoms with E-state index >= 15 is 0 Å². The van der Waals surface area contributed by atoms with Crippen molar-refractivity contribution in [2.24, 2.45) is 5.92 Å². The van der Waals surface area contributed by atoms with E-state index in [0.29, 0.717) is 5.57 Å². The molecule has 102 valence electrons. The molecule has 0 radical (unpaired) electrons.